The third-order valence-corrected chi connectivity index (χ3v) is 4.46. The van der Waals surface area contributed by atoms with Crippen molar-refractivity contribution in [3.05, 3.63) is 59.2 Å². The molecule has 0 aliphatic carbocycles. The first-order chi connectivity index (χ1) is 12.1. The minimum atomic E-state index is -0.152. The molecule has 25 heavy (non-hydrogen) atoms. The summed E-state index contributed by atoms with van der Waals surface area (Å²) in [5.74, 6) is 0.523. The number of carbonyl (C=O) groups excluding carboxylic acids is 1. The van der Waals surface area contributed by atoms with Crippen molar-refractivity contribution in [1.82, 2.24) is 5.01 Å². The van der Waals surface area contributed by atoms with Gasteiger partial charge >= 0.3 is 0 Å². The molecule has 2 aromatic rings. The summed E-state index contributed by atoms with van der Waals surface area (Å²) < 4.78 is 5.40. The summed E-state index contributed by atoms with van der Waals surface area (Å²) in [5.41, 5.74) is 4.28. The molecule has 6 heteroatoms. The van der Waals surface area contributed by atoms with Gasteiger partial charge in [-0.3, -0.25) is 9.80 Å². The van der Waals surface area contributed by atoms with Gasteiger partial charge in [-0.1, -0.05) is 12.1 Å². The fourth-order valence-electron chi connectivity index (χ4n) is 3.20. The van der Waals surface area contributed by atoms with Crippen LogP contribution < -0.4 is 10.1 Å². The number of benzene rings is 2. The average molecular weight is 332 g/mol. The highest BCUT2D eigenvalue weighted by Crippen LogP contribution is 2.34. The Morgan fingerprint density at radius 1 is 1.32 bits per heavy atom. The summed E-state index contributed by atoms with van der Waals surface area (Å²) in [5, 5.41) is 18.5. The van der Waals surface area contributed by atoms with E-state index in [1.54, 1.807) is 6.07 Å². The molecule has 2 aliphatic rings. The largest absolute Gasteiger partial charge is 0.482 e. The van der Waals surface area contributed by atoms with E-state index in [-0.39, 0.29) is 18.6 Å². The number of anilines is 1. The monoisotopic (exact) mass is 332 g/mol. The lowest BCUT2D eigenvalue weighted by molar-refractivity contribution is -0.118. The number of carbonyl (C=O) groups is 1. The highest BCUT2D eigenvalue weighted by molar-refractivity contribution is 6.04. The van der Waals surface area contributed by atoms with Gasteiger partial charge in [0.2, 0.25) is 0 Å². The van der Waals surface area contributed by atoms with Crippen LogP contribution in [0.4, 0.5) is 5.69 Å². The Morgan fingerprint density at radius 3 is 3.04 bits per heavy atom. The van der Waals surface area contributed by atoms with E-state index in [4.69, 9.17) is 10.00 Å². The van der Waals surface area contributed by atoms with Crippen molar-refractivity contribution in [2.24, 2.45) is 5.10 Å². The molecule has 124 valence electrons. The fourth-order valence-corrected chi connectivity index (χ4v) is 3.20. The lowest BCUT2D eigenvalue weighted by Crippen LogP contribution is -2.25. The van der Waals surface area contributed by atoms with Crippen LogP contribution in [-0.4, -0.2) is 30.3 Å². The van der Waals surface area contributed by atoms with E-state index in [1.165, 1.54) is 0 Å². The predicted molar refractivity (Wildman–Crippen MR) is 93.4 cm³/mol. The van der Waals surface area contributed by atoms with Crippen LogP contribution in [0.5, 0.6) is 5.75 Å². The molecule has 2 aliphatic heterocycles. The summed E-state index contributed by atoms with van der Waals surface area (Å²) in [6.45, 7) is 0.0489. The Morgan fingerprint density at radius 2 is 2.20 bits per heavy atom. The summed E-state index contributed by atoms with van der Waals surface area (Å²) in [7, 11) is 1.93. The van der Waals surface area contributed by atoms with E-state index in [1.807, 2.05) is 48.5 Å². The molecule has 1 amide bonds. The van der Waals surface area contributed by atoms with Gasteiger partial charge in [0.15, 0.2) is 6.61 Å². The van der Waals surface area contributed by atoms with Crippen molar-refractivity contribution in [2.45, 2.75) is 12.5 Å². The summed E-state index contributed by atoms with van der Waals surface area (Å²) in [4.78, 5) is 11.5. The molecule has 0 spiro atoms. The number of nitrogens with zero attached hydrogens (tertiary/aromatic N) is 3. The smallest absolute Gasteiger partial charge is 0.262 e. The molecule has 0 saturated carbocycles. The Kier molecular flexibility index (Phi) is 3.62. The number of fused-ring (bicyclic) bond motifs is 1. The van der Waals surface area contributed by atoms with Gasteiger partial charge in [0.25, 0.3) is 5.91 Å². The molecular formula is C19H16N4O2. The van der Waals surface area contributed by atoms with Crippen LogP contribution >= 0.6 is 0 Å². The molecule has 0 unspecified atom stereocenters. The van der Waals surface area contributed by atoms with E-state index in [0.29, 0.717) is 17.0 Å². The van der Waals surface area contributed by atoms with Crippen molar-refractivity contribution >= 4 is 17.3 Å². The van der Waals surface area contributed by atoms with E-state index in [2.05, 4.69) is 16.5 Å². The van der Waals surface area contributed by atoms with Crippen LogP contribution in [0.25, 0.3) is 0 Å². The molecule has 0 bridgehead atoms. The van der Waals surface area contributed by atoms with Crippen LogP contribution in [0.1, 0.15) is 29.2 Å². The van der Waals surface area contributed by atoms with Gasteiger partial charge < -0.3 is 10.1 Å². The maximum Gasteiger partial charge on any atom is 0.262 e. The average Bonchev–Trinajstić information content (AvgIpc) is 3.03. The lowest BCUT2D eigenvalue weighted by atomic mass is 9.97. The van der Waals surface area contributed by atoms with E-state index in [9.17, 15) is 4.79 Å². The highest BCUT2D eigenvalue weighted by Gasteiger charge is 2.27. The third kappa shape index (κ3) is 2.81. The number of hydrogen-bond acceptors (Lipinski definition) is 5. The normalized spacial score (nSPS) is 18.7. The first kappa shape index (κ1) is 15.2. The molecule has 4 rings (SSSR count). The maximum absolute atomic E-state index is 11.5. The zero-order valence-electron chi connectivity index (χ0n) is 13.7. The molecule has 0 saturated heterocycles. The van der Waals surface area contributed by atoms with Crippen LogP contribution in [0.3, 0.4) is 0 Å². The number of nitriles is 1. The molecule has 2 heterocycles. The van der Waals surface area contributed by atoms with Gasteiger partial charge in [-0.05, 0) is 35.9 Å². The minimum Gasteiger partial charge on any atom is -0.482 e. The lowest BCUT2D eigenvalue weighted by Gasteiger charge is -2.19. The summed E-state index contributed by atoms with van der Waals surface area (Å²) >= 11 is 0. The second kappa shape index (κ2) is 5.95. The van der Waals surface area contributed by atoms with Crippen LogP contribution in [0.2, 0.25) is 0 Å². The van der Waals surface area contributed by atoms with E-state index >= 15 is 0 Å². The molecular weight excluding hydrogens is 316 g/mol. The van der Waals surface area contributed by atoms with Crippen LogP contribution in [0, 0.1) is 11.3 Å². The fraction of sp³-hybridized carbons (Fsp3) is 0.211. The van der Waals surface area contributed by atoms with Crippen LogP contribution in [-0.2, 0) is 4.79 Å². The number of rotatable bonds is 2. The number of hydrazone groups is 1. The van der Waals surface area contributed by atoms with Gasteiger partial charge in [0, 0.05) is 19.0 Å². The van der Waals surface area contributed by atoms with Crippen molar-refractivity contribution < 1.29 is 9.53 Å². The SMILES string of the molecule is CN1N=C(c2ccc3c(c2)NC(=O)CO3)C[C@H]1c1cccc(C#N)c1. The number of hydrogen-bond donors (Lipinski definition) is 1. The van der Waals surface area contributed by atoms with Crippen molar-refractivity contribution in [2.75, 3.05) is 19.0 Å². The van der Waals surface area contributed by atoms with Crippen LogP contribution in [0.15, 0.2) is 47.6 Å². The Hall–Kier alpha value is -3.33. The quantitative estimate of drug-likeness (QED) is 0.917. The molecule has 0 fully saturated rings. The van der Waals surface area contributed by atoms with E-state index < -0.39 is 0 Å². The summed E-state index contributed by atoms with van der Waals surface area (Å²) in [6, 6.07) is 15.6. The molecule has 0 aromatic heterocycles. The van der Waals surface area contributed by atoms with Crippen molar-refractivity contribution in [3.63, 3.8) is 0 Å². The number of ether oxygens (including phenoxy) is 1. The Labute approximate surface area is 145 Å². The molecule has 0 radical (unpaired) electrons. The molecule has 1 N–H and O–H groups in total. The number of nitrogens with one attached hydrogen (secondary N) is 1. The molecule has 1 atom stereocenters. The van der Waals surface area contributed by atoms with E-state index in [0.717, 1.165) is 23.3 Å². The zero-order chi connectivity index (χ0) is 17.4. The first-order valence-corrected chi connectivity index (χ1v) is 8.01. The second-order valence-corrected chi connectivity index (χ2v) is 6.13. The standard InChI is InChI=1S/C19H16N4O2/c1-23-17(14-4-2-3-12(7-14)10-20)9-15(22-23)13-5-6-18-16(8-13)21-19(24)11-25-18/h2-8,17H,9,11H2,1H3,(H,21,24)/t17-/m0/s1. The van der Waals surface area contributed by atoms with Crippen molar-refractivity contribution in [1.29, 1.82) is 5.26 Å². The first-order valence-electron chi connectivity index (χ1n) is 8.01. The van der Waals surface area contributed by atoms with Gasteiger partial charge in [-0.15, -0.1) is 0 Å². The Bertz CT molecular complexity index is 929. The predicted octanol–water partition coefficient (Wildman–Crippen LogP) is 2.67. The molecule has 6 nitrogen and oxygen atoms in total. The summed E-state index contributed by atoms with van der Waals surface area (Å²) in [6.07, 6.45) is 0.735. The van der Waals surface area contributed by atoms with Crippen molar-refractivity contribution in [3.8, 4) is 11.8 Å². The highest BCUT2D eigenvalue weighted by atomic mass is 16.5. The maximum atomic E-state index is 11.5. The van der Waals surface area contributed by atoms with Gasteiger partial charge in [0.05, 0.1) is 29.1 Å². The minimum absolute atomic E-state index is 0.0489. The van der Waals surface area contributed by atoms with Gasteiger partial charge in [0.1, 0.15) is 5.75 Å². The molecule has 2 aromatic carbocycles. The number of amides is 1. The Balaban J connectivity index is 1.61. The second-order valence-electron chi connectivity index (χ2n) is 6.13. The zero-order valence-corrected chi connectivity index (χ0v) is 13.7. The van der Waals surface area contributed by atoms with Gasteiger partial charge in [-0.25, -0.2) is 0 Å². The van der Waals surface area contributed by atoms with Gasteiger partial charge in [-0.2, -0.15) is 10.4 Å². The topological polar surface area (TPSA) is 77.7 Å². The third-order valence-electron chi connectivity index (χ3n) is 4.46.